The van der Waals surface area contributed by atoms with Crippen molar-refractivity contribution in [3.05, 3.63) is 64.3 Å². The summed E-state index contributed by atoms with van der Waals surface area (Å²) in [6.45, 7) is 0. The van der Waals surface area contributed by atoms with E-state index in [0.29, 0.717) is 10.9 Å². The maximum atomic E-state index is 12.4. The minimum absolute atomic E-state index is 0.0422. The molecule has 2 aromatic carbocycles. The Bertz CT molecular complexity index is 1060. The van der Waals surface area contributed by atoms with Crippen molar-refractivity contribution >= 4 is 50.0 Å². The Balaban J connectivity index is 1.87. The molecule has 0 aliphatic carbocycles. The molecule has 3 rings (SSSR count). The lowest BCUT2D eigenvalue weighted by Crippen LogP contribution is -2.41. The normalized spacial score (nSPS) is 11.6. The molecule has 0 saturated carbocycles. The standard InChI is InChI=1S/C16H13Cl2N3O3S/c1-21-9-11(10-5-2-3-8-14(10)21)16(22)19-20-25(23,24)15-12(17)6-4-7-13(15)18/h2-9,20H,1H3,(H,19,22). The first-order chi connectivity index (χ1) is 11.8. The highest BCUT2D eigenvalue weighted by atomic mass is 35.5. The summed E-state index contributed by atoms with van der Waals surface area (Å²) in [4.78, 5) is 14.1. The molecule has 9 heteroatoms. The number of nitrogens with one attached hydrogen (secondary N) is 2. The molecule has 0 atom stereocenters. The zero-order valence-corrected chi connectivity index (χ0v) is 15.3. The molecule has 2 N–H and O–H groups in total. The second-order valence-corrected chi connectivity index (χ2v) is 7.71. The maximum Gasteiger partial charge on any atom is 0.268 e. The molecule has 1 heterocycles. The first-order valence-electron chi connectivity index (χ1n) is 7.11. The number of nitrogens with zero attached hydrogens (tertiary/aromatic N) is 1. The van der Waals surface area contributed by atoms with Gasteiger partial charge in [-0.3, -0.25) is 10.2 Å². The average Bonchev–Trinajstić information content (AvgIpc) is 2.90. The summed E-state index contributed by atoms with van der Waals surface area (Å²) in [6.07, 6.45) is 1.62. The fourth-order valence-electron chi connectivity index (χ4n) is 2.49. The van der Waals surface area contributed by atoms with Gasteiger partial charge in [-0.25, -0.2) is 8.42 Å². The Hall–Kier alpha value is -2.06. The topological polar surface area (TPSA) is 80.2 Å². The van der Waals surface area contributed by atoms with Gasteiger partial charge in [0, 0.05) is 24.1 Å². The van der Waals surface area contributed by atoms with E-state index in [2.05, 4.69) is 5.43 Å². The van der Waals surface area contributed by atoms with Gasteiger partial charge in [0.15, 0.2) is 0 Å². The lowest BCUT2D eigenvalue weighted by Gasteiger charge is -2.10. The molecule has 25 heavy (non-hydrogen) atoms. The Morgan fingerprint density at radius 2 is 1.68 bits per heavy atom. The summed E-state index contributed by atoms with van der Waals surface area (Å²) >= 11 is 11.8. The van der Waals surface area contributed by atoms with Gasteiger partial charge < -0.3 is 4.57 Å². The van der Waals surface area contributed by atoms with Crippen LogP contribution in [0.2, 0.25) is 10.0 Å². The van der Waals surface area contributed by atoms with Crippen molar-refractivity contribution in [1.82, 2.24) is 14.8 Å². The maximum absolute atomic E-state index is 12.4. The molecule has 0 bridgehead atoms. The molecule has 0 radical (unpaired) electrons. The van der Waals surface area contributed by atoms with Gasteiger partial charge in [-0.15, -0.1) is 4.83 Å². The molecule has 0 unspecified atom stereocenters. The van der Waals surface area contributed by atoms with Gasteiger partial charge in [0.1, 0.15) is 4.90 Å². The fraction of sp³-hybridized carbons (Fsp3) is 0.0625. The Labute approximate surface area is 154 Å². The van der Waals surface area contributed by atoms with Gasteiger partial charge in [-0.1, -0.05) is 47.5 Å². The number of hydrogen-bond acceptors (Lipinski definition) is 3. The summed E-state index contributed by atoms with van der Waals surface area (Å²) in [6, 6.07) is 11.6. The molecule has 0 spiro atoms. The number of hydrazine groups is 1. The summed E-state index contributed by atoms with van der Waals surface area (Å²) < 4.78 is 26.5. The lowest BCUT2D eigenvalue weighted by atomic mass is 10.2. The van der Waals surface area contributed by atoms with Gasteiger partial charge in [0.05, 0.1) is 15.6 Å². The van der Waals surface area contributed by atoms with E-state index in [0.717, 1.165) is 5.52 Å². The molecule has 1 amide bonds. The summed E-state index contributed by atoms with van der Waals surface area (Å²) in [7, 11) is -2.33. The van der Waals surface area contributed by atoms with Gasteiger partial charge >= 0.3 is 0 Å². The highest BCUT2D eigenvalue weighted by Crippen LogP contribution is 2.28. The zero-order chi connectivity index (χ0) is 18.2. The molecule has 0 aliphatic rings. The van der Waals surface area contributed by atoms with Crippen molar-refractivity contribution in [1.29, 1.82) is 0 Å². The van der Waals surface area contributed by atoms with Crippen LogP contribution in [0.15, 0.2) is 53.6 Å². The lowest BCUT2D eigenvalue weighted by molar-refractivity contribution is 0.0946. The minimum atomic E-state index is -4.12. The van der Waals surface area contributed by atoms with Gasteiger partial charge in [-0.05, 0) is 18.2 Å². The molecule has 0 fully saturated rings. The van der Waals surface area contributed by atoms with E-state index in [-0.39, 0.29) is 14.9 Å². The van der Waals surface area contributed by atoms with Crippen molar-refractivity contribution < 1.29 is 13.2 Å². The van der Waals surface area contributed by atoms with E-state index in [1.54, 1.807) is 29.9 Å². The number of rotatable bonds is 4. The van der Waals surface area contributed by atoms with Gasteiger partial charge in [0.2, 0.25) is 0 Å². The first kappa shape index (κ1) is 17.8. The first-order valence-corrected chi connectivity index (χ1v) is 9.35. The van der Waals surface area contributed by atoms with Crippen LogP contribution in [-0.2, 0) is 17.1 Å². The van der Waals surface area contributed by atoms with Crippen LogP contribution >= 0.6 is 23.2 Å². The fourth-order valence-corrected chi connectivity index (χ4v) is 4.48. The summed E-state index contributed by atoms with van der Waals surface area (Å²) in [5.41, 5.74) is 3.38. The van der Waals surface area contributed by atoms with Crippen LogP contribution in [0.1, 0.15) is 10.4 Å². The molecular weight excluding hydrogens is 385 g/mol. The minimum Gasteiger partial charge on any atom is -0.350 e. The van der Waals surface area contributed by atoms with Crippen molar-refractivity contribution in [2.24, 2.45) is 7.05 Å². The quantitative estimate of drug-likeness (QED) is 0.663. The van der Waals surface area contributed by atoms with E-state index in [1.165, 1.54) is 18.2 Å². The third kappa shape index (κ3) is 3.36. The number of benzene rings is 2. The second-order valence-electron chi connectivity index (χ2n) is 5.28. The van der Waals surface area contributed by atoms with E-state index < -0.39 is 15.9 Å². The third-order valence-electron chi connectivity index (χ3n) is 3.63. The summed E-state index contributed by atoms with van der Waals surface area (Å²) in [5, 5.41) is 0.622. The number of halogens is 2. The molecule has 1 aromatic heterocycles. The monoisotopic (exact) mass is 397 g/mol. The number of hydrogen-bond donors (Lipinski definition) is 2. The number of aryl methyl sites for hydroxylation is 1. The SMILES string of the molecule is Cn1cc(C(=O)NNS(=O)(=O)c2c(Cl)cccc2Cl)c2ccccc21. The molecule has 0 saturated heterocycles. The number of carbonyl (C=O) groups is 1. The number of amides is 1. The van der Waals surface area contributed by atoms with Crippen LogP contribution in [0.25, 0.3) is 10.9 Å². The second kappa shape index (κ2) is 6.68. The largest absolute Gasteiger partial charge is 0.350 e. The number of fused-ring (bicyclic) bond motifs is 1. The van der Waals surface area contributed by atoms with Crippen molar-refractivity contribution in [3.8, 4) is 0 Å². The molecule has 3 aromatic rings. The van der Waals surface area contributed by atoms with Crippen LogP contribution in [0, 0.1) is 0 Å². The zero-order valence-electron chi connectivity index (χ0n) is 13.0. The van der Waals surface area contributed by atoms with Crippen LogP contribution in [0.5, 0.6) is 0 Å². The van der Waals surface area contributed by atoms with Crippen LogP contribution < -0.4 is 10.3 Å². The van der Waals surface area contributed by atoms with Crippen LogP contribution in [-0.4, -0.2) is 18.9 Å². The molecule has 130 valence electrons. The Morgan fingerprint density at radius 3 is 2.36 bits per heavy atom. The van der Waals surface area contributed by atoms with E-state index in [1.807, 2.05) is 17.0 Å². The number of para-hydroxylation sites is 1. The van der Waals surface area contributed by atoms with Gasteiger partial charge in [-0.2, -0.15) is 0 Å². The number of aromatic nitrogens is 1. The van der Waals surface area contributed by atoms with Crippen molar-refractivity contribution in [2.75, 3.05) is 0 Å². The average molecular weight is 398 g/mol. The van der Waals surface area contributed by atoms with E-state index >= 15 is 0 Å². The predicted octanol–water partition coefficient (Wildman–Crippen LogP) is 3.11. The molecule has 6 nitrogen and oxygen atoms in total. The predicted molar refractivity (Wildman–Crippen MR) is 97.2 cm³/mol. The number of carbonyl (C=O) groups excluding carboxylic acids is 1. The Kier molecular flexibility index (Phi) is 4.75. The summed E-state index contributed by atoms with van der Waals surface area (Å²) in [5.74, 6) is -0.594. The highest BCUT2D eigenvalue weighted by molar-refractivity contribution is 7.89. The van der Waals surface area contributed by atoms with E-state index in [4.69, 9.17) is 23.2 Å². The molecular formula is C16H13Cl2N3O3S. The smallest absolute Gasteiger partial charge is 0.268 e. The highest BCUT2D eigenvalue weighted by Gasteiger charge is 2.23. The van der Waals surface area contributed by atoms with E-state index in [9.17, 15) is 13.2 Å². The van der Waals surface area contributed by atoms with Crippen molar-refractivity contribution in [3.63, 3.8) is 0 Å². The van der Waals surface area contributed by atoms with Crippen molar-refractivity contribution in [2.45, 2.75) is 4.90 Å². The molecule has 0 aliphatic heterocycles. The third-order valence-corrected chi connectivity index (χ3v) is 5.83. The number of sulfonamides is 1. The Morgan fingerprint density at radius 1 is 1.04 bits per heavy atom. The van der Waals surface area contributed by atoms with Crippen LogP contribution in [0.4, 0.5) is 0 Å². The van der Waals surface area contributed by atoms with Crippen LogP contribution in [0.3, 0.4) is 0 Å². The van der Waals surface area contributed by atoms with Gasteiger partial charge in [0.25, 0.3) is 15.9 Å².